The van der Waals surface area contributed by atoms with Gasteiger partial charge in [0.05, 0.1) is 12.4 Å². The molecule has 0 saturated heterocycles. The van der Waals surface area contributed by atoms with Gasteiger partial charge in [0.1, 0.15) is 4.60 Å². The third-order valence-corrected chi connectivity index (χ3v) is 3.33. The number of nitrogens with one attached hydrogen (secondary N) is 2. The van der Waals surface area contributed by atoms with Gasteiger partial charge >= 0.3 is 0 Å². The first kappa shape index (κ1) is 15.4. The number of halogens is 1. The second kappa shape index (κ2) is 7.17. The molecular weight excluding hydrogens is 332 g/mol. The SMILES string of the molecule is CCCNc1ccc(C(=O)Nc2cnc(Br)cn2)cc1C. The Morgan fingerprint density at radius 3 is 2.71 bits per heavy atom. The van der Waals surface area contributed by atoms with Gasteiger partial charge < -0.3 is 10.6 Å². The lowest BCUT2D eigenvalue weighted by Gasteiger charge is -2.10. The molecule has 0 atom stereocenters. The third kappa shape index (κ3) is 4.26. The average molecular weight is 349 g/mol. The summed E-state index contributed by atoms with van der Waals surface area (Å²) in [7, 11) is 0. The lowest BCUT2D eigenvalue weighted by Crippen LogP contribution is -2.13. The second-order valence-electron chi connectivity index (χ2n) is 4.63. The zero-order valence-electron chi connectivity index (χ0n) is 12.0. The number of nitrogens with zero attached hydrogens (tertiary/aromatic N) is 2. The molecule has 0 bridgehead atoms. The zero-order chi connectivity index (χ0) is 15.2. The number of amides is 1. The van der Waals surface area contributed by atoms with E-state index in [1.165, 1.54) is 6.20 Å². The number of aromatic nitrogens is 2. The van der Waals surface area contributed by atoms with Gasteiger partial charge in [0.2, 0.25) is 0 Å². The van der Waals surface area contributed by atoms with Gasteiger partial charge in [-0.25, -0.2) is 9.97 Å². The number of benzene rings is 1. The van der Waals surface area contributed by atoms with Gasteiger partial charge in [0, 0.05) is 17.8 Å². The van der Waals surface area contributed by atoms with Crippen molar-refractivity contribution in [2.24, 2.45) is 0 Å². The summed E-state index contributed by atoms with van der Waals surface area (Å²) < 4.78 is 0.627. The van der Waals surface area contributed by atoms with E-state index >= 15 is 0 Å². The number of rotatable bonds is 5. The summed E-state index contributed by atoms with van der Waals surface area (Å²) in [5.74, 6) is 0.228. The fourth-order valence-corrected chi connectivity index (χ4v) is 2.03. The smallest absolute Gasteiger partial charge is 0.256 e. The molecule has 110 valence electrons. The Hall–Kier alpha value is -1.95. The van der Waals surface area contributed by atoms with Crippen molar-refractivity contribution < 1.29 is 4.79 Å². The van der Waals surface area contributed by atoms with Crippen LogP contribution in [0, 0.1) is 6.92 Å². The summed E-state index contributed by atoms with van der Waals surface area (Å²) in [4.78, 5) is 20.3. The average Bonchev–Trinajstić information content (AvgIpc) is 2.48. The first-order valence-corrected chi connectivity index (χ1v) is 7.53. The minimum absolute atomic E-state index is 0.197. The van der Waals surface area contributed by atoms with Crippen molar-refractivity contribution in [1.82, 2.24) is 9.97 Å². The van der Waals surface area contributed by atoms with Gasteiger partial charge in [-0.2, -0.15) is 0 Å². The summed E-state index contributed by atoms with van der Waals surface area (Å²) in [6, 6.07) is 5.58. The van der Waals surface area contributed by atoms with Crippen LogP contribution in [-0.2, 0) is 0 Å². The maximum absolute atomic E-state index is 12.2. The standard InChI is InChI=1S/C15H17BrN4O/c1-3-6-17-12-5-4-11(7-10(12)2)15(21)20-14-9-18-13(16)8-19-14/h4-5,7-9,17H,3,6H2,1-2H3,(H,19,20,21). The highest BCUT2D eigenvalue weighted by molar-refractivity contribution is 9.10. The van der Waals surface area contributed by atoms with Crippen molar-refractivity contribution in [3.63, 3.8) is 0 Å². The number of carbonyl (C=O) groups is 1. The van der Waals surface area contributed by atoms with Crippen LogP contribution in [0.1, 0.15) is 29.3 Å². The van der Waals surface area contributed by atoms with E-state index in [0.29, 0.717) is 16.0 Å². The molecular formula is C15H17BrN4O. The van der Waals surface area contributed by atoms with Gasteiger partial charge in [-0.05, 0) is 53.0 Å². The molecule has 1 aromatic heterocycles. The van der Waals surface area contributed by atoms with Crippen LogP contribution >= 0.6 is 15.9 Å². The Morgan fingerprint density at radius 1 is 1.29 bits per heavy atom. The fraction of sp³-hybridized carbons (Fsp3) is 0.267. The van der Waals surface area contributed by atoms with Gasteiger partial charge in [-0.3, -0.25) is 4.79 Å². The minimum atomic E-state index is -0.197. The summed E-state index contributed by atoms with van der Waals surface area (Å²) >= 11 is 3.20. The molecule has 1 heterocycles. The molecule has 21 heavy (non-hydrogen) atoms. The highest BCUT2D eigenvalue weighted by Gasteiger charge is 2.09. The molecule has 0 unspecified atom stereocenters. The third-order valence-electron chi connectivity index (χ3n) is 2.92. The van der Waals surface area contributed by atoms with E-state index in [1.54, 1.807) is 12.3 Å². The second-order valence-corrected chi connectivity index (χ2v) is 5.45. The molecule has 0 spiro atoms. The van der Waals surface area contributed by atoms with E-state index in [1.807, 2.05) is 19.1 Å². The van der Waals surface area contributed by atoms with Crippen LogP contribution in [0.3, 0.4) is 0 Å². The molecule has 0 aliphatic carbocycles. The molecule has 0 aliphatic heterocycles. The van der Waals surface area contributed by atoms with Gasteiger partial charge in [-0.15, -0.1) is 0 Å². The Balaban J connectivity index is 2.08. The van der Waals surface area contributed by atoms with E-state index in [2.05, 4.69) is 43.5 Å². The van der Waals surface area contributed by atoms with Crippen molar-refractivity contribution in [3.8, 4) is 0 Å². The summed E-state index contributed by atoms with van der Waals surface area (Å²) in [5, 5.41) is 6.05. The zero-order valence-corrected chi connectivity index (χ0v) is 13.6. The van der Waals surface area contributed by atoms with E-state index in [0.717, 1.165) is 24.2 Å². The Kier molecular flexibility index (Phi) is 5.27. The number of carbonyl (C=O) groups excluding carboxylic acids is 1. The number of aryl methyl sites for hydroxylation is 1. The van der Waals surface area contributed by atoms with E-state index in [-0.39, 0.29) is 5.91 Å². The minimum Gasteiger partial charge on any atom is -0.385 e. The lowest BCUT2D eigenvalue weighted by atomic mass is 10.1. The Bertz CT molecular complexity index is 628. The molecule has 2 N–H and O–H groups in total. The molecule has 6 heteroatoms. The van der Waals surface area contributed by atoms with E-state index < -0.39 is 0 Å². The molecule has 2 aromatic rings. The number of hydrogen-bond acceptors (Lipinski definition) is 4. The number of hydrogen-bond donors (Lipinski definition) is 2. The highest BCUT2D eigenvalue weighted by atomic mass is 79.9. The Morgan fingerprint density at radius 2 is 2.10 bits per heavy atom. The number of anilines is 2. The molecule has 0 fully saturated rings. The predicted molar refractivity (Wildman–Crippen MR) is 87.6 cm³/mol. The molecule has 0 aliphatic rings. The molecule has 0 saturated carbocycles. The maximum Gasteiger partial charge on any atom is 0.256 e. The van der Waals surface area contributed by atoms with Crippen LogP contribution in [-0.4, -0.2) is 22.4 Å². The normalized spacial score (nSPS) is 10.2. The molecule has 1 amide bonds. The summed E-state index contributed by atoms with van der Waals surface area (Å²) in [6.07, 6.45) is 4.11. The highest BCUT2D eigenvalue weighted by Crippen LogP contribution is 2.17. The summed E-state index contributed by atoms with van der Waals surface area (Å²) in [5.41, 5.74) is 2.69. The first-order chi connectivity index (χ1) is 10.1. The van der Waals surface area contributed by atoms with Crippen molar-refractivity contribution in [2.75, 3.05) is 17.2 Å². The van der Waals surface area contributed by atoms with Crippen molar-refractivity contribution in [3.05, 3.63) is 46.3 Å². The molecule has 5 nitrogen and oxygen atoms in total. The Labute approximate surface area is 132 Å². The van der Waals surface area contributed by atoms with E-state index in [9.17, 15) is 4.79 Å². The monoisotopic (exact) mass is 348 g/mol. The topological polar surface area (TPSA) is 66.9 Å². The largest absolute Gasteiger partial charge is 0.385 e. The van der Waals surface area contributed by atoms with Crippen LogP contribution in [0.4, 0.5) is 11.5 Å². The van der Waals surface area contributed by atoms with Crippen molar-refractivity contribution in [1.29, 1.82) is 0 Å². The van der Waals surface area contributed by atoms with Crippen molar-refractivity contribution >= 4 is 33.3 Å². The van der Waals surface area contributed by atoms with Gasteiger partial charge in [0.15, 0.2) is 5.82 Å². The van der Waals surface area contributed by atoms with Crippen LogP contribution in [0.2, 0.25) is 0 Å². The van der Waals surface area contributed by atoms with E-state index in [4.69, 9.17) is 0 Å². The van der Waals surface area contributed by atoms with Crippen LogP contribution in [0.15, 0.2) is 35.2 Å². The first-order valence-electron chi connectivity index (χ1n) is 6.73. The molecule has 1 aromatic carbocycles. The van der Waals surface area contributed by atoms with Gasteiger partial charge in [-0.1, -0.05) is 6.92 Å². The van der Waals surface area contributed by atoms with Crippen molar-refractivity contribution in [2.45, 2.75) is 20.3 Å². The predicted octanol–water partition coefficient (Wildman–Crippen LogP) is 3.62. The quantitative estimate of drug-likeness (QED) is 0.865. The lowest BCUT2D eigenvalue weighted by molar-refractivity contribution is 0.102. The van der Waals surface area contributed by atoms with Gasteiger partial charge in [0.25, 0.3) is 5.91 Å². The van der Waals surface area contributed by atoms with Crippen LogP contribution in [0.25, 0.3) is 0 Å². The van der Waals surface area contributed by atoms with Crippen LogP contribution in [0.5, 0.6) is 0 Å². The maximum atomic E-state index is 12.2. The molecule has 2 rings (SSSR count). The van der Waals surface area contributed by atoms with Crippen LogP contribution < -0.4 is 10.6 Å². The molecule has 0 radical (unpaired) electrons. The summed E-state index contributed by atoms with van der Waals surface area (Å²) in [6.45, 7) is 5.01. The fourth-order valence-electron chi connectivity index (χ4n) is 1.83.